The van der Waals surface area contributed by atoms with Gasteiger partial charge in [0.2, 0.25) is 5.91 Å². The van der Waals surface area contributed by atoms with E-state index in [1.807, 2.05) is 13.0 Å². The van der Waals surface area contributed by atoms with E-state index in [9.17, 15) is 9.59 Å². The van der Waals surface area contributed by atoms with Gasteiger partial charge in [0, 0.05) is 12.3 Å². The number of H-pyrrole nitrogens is 1. The van der Waals surface area contributed by atoms with Gasteiger partial charge in [0.25, 0.3) is 5.56 Å². The number of benzene rings is 1. The fourth-order valence-corrected chi connectivity index (χ4v) is 3.53. The standard InChI is InChI=1S/C19H19N3O4S/c1-4-8-27-19-21-17-16(18(24)22-19)12(10-15(23)20-17)11-6-7-13(26-5-2)14(9-11)25-3/h1,6-7,9,12H,5,8,10H2,2-3H3,(H2,20,21,22,23,24)/t12-/m1/s1. The highest BCUT2D eigenvalue weighted by Crippen LogP contribution is 2.38. The van der Waals surface area contributed by atoms with Crippen molar-refractivity contribution in [1.29, 1.82) is 0 Å². The molecule has 1 aromatic carbocycles. The SMILES string of the molecule is C#CCSc1nc2c(c(=O)[nH]1)[C@@H](c1ccc(OCC)c(OC)c1)CC(=O)N2. The van der Waals surface area contributed by atoms with Gasteiger partial charge in [0.15, 0.2) is 16.7 Å². The molecular formula is C19H19N3O4S. The Balaban J connectivity index is 2.05. The normalized spacial score (nSPS) is 15.4. The third-order valence-electron chi connectivity index (χ3n) is 4.11. The molecule has 2 N–H and O–H groups in total. The van der Waals surface area contributed by atoms with Crippen LogP contribution in [0.3, 0.4) is 0 Å². The van der Waals surface area contributed by atoms with E-state index in [-0.39, 0.29) is 23.7 Å². The molecule has 1 aromatic heterocycles. The molecule has 1 aliphatic rings. The van der Waals surface area contributed by atoms with Crippen LogP contribution < -0.4 is 20.3 Å². The van der Waals surface area contributed by atoms with Crippen molar-refractivity contribution in [3.05, 3.63) is 39.7 Å². The number of ether oxygens (including phenoxy) is 2. The Bertz CT molecular complexity index is 964. The molecule has 1 atom stereocenters. The molecule has 2 heterocycles. The number of hydrogen-bond donors (Lipinski definition) is 2. The molecule has 0 bridgehead atoms. The van der Waals surface area contributed by atoms with E-state index < -0.39 is 5.92 Å². The summed E-state index contributed by atoms with van der Waals surface area (Å²) < 4.78 is 10.9. The second-order valence-corrected chi connectivity index (χ2v) is 6.74. The van der Waals surface area contributed by atoms with E-state index >= 15 is 0 Å². The van der Waals surface area contributed by atoms with Gasteiger partial charge < -0.3 is 19.8 Å². The van der Waals surface area contributed by atoms with E-state index in [1.165, 1.54) is 11.8 Å². The first-order valence-electron chi connectivity index (χ1n) is 8.38. The van der Waals surface area contributed by atoms with Gasteiger partial charge in [0.05, 0.1) is 25.0 Å². The van der Waals surface area contributed by atoms with Gasteiger partial charge in [-0.15, -0.1) is 6.42 Å². The zero-order valence-electron chi connectivity index (χ0n) is 15.0. The van der Waals surface area contributed by atoms with Gasteiger partial charge in [0.1, 0.15) is 5.82 Å². The zero-order chi connectivity index (χ0) is 19.4. The van der Waals surface area contributed by atoms with Gasteiger partial charge in [-0.25, -0.2) is 4.98 Å². The fraction of sp³-hybridized carbons (Fsp3) is 0.316. The Morgan fingerprint density at radius 3 is 2.89 bits per heavy atom. The van der Waals surface area contributed by atoms with E-state index in [0.29, 0.717) is 34.6 Å². The third kappa shape index (κ3) is 3.93. The summed E-state index contributed by atoms with van der Waals surface area (Å²) in [6, 6.07) is 5.40. The third-order valence-corrected chi connectivity index (χ3v) is 4.89. The Morgan fingerprint density at radius 2 is 2.19 bits per heavy atom. The number of carbonyl (C=O) groups excluding carboxylic acids is 1. The average Bonchev–Trinajstić information content (AvgIpc) is 2.66. The minimum Gasteiger partial charge on any atom is -0.493 e. The van der Waals surface area contributed by atoms with Crippen LogP contribution in [0, 0.1) is 12.3 Å². The van der Waals surface area contributed by atoms with Gasteiger partial charge >= 0.3 is 0 Å². The van der Waals surface area contributed by atoms with Crippen molar-refractivity contribution in [3.8, 4) is 23.8 Å². The molecule has 0 saturated carbocycles. The number of hydrogen-bond acceptors (Lipinski definition) is 6. The molecule has 140 valence electrons. The first kappa shape index (κ1) is 18.9. The molecule has 0 radical (unpaired) electrons. The number of anilines is 1. The molecule has 1 aliphatic heterocycles. The molecule has 0 unspecified atom stereocenters. The highest BCUT2D eigenvalue weighted by molar-refractivity contribution is 7.99. The van der Waals surface area contributed by atoms with Gasteiger partial charge in [-0.2, -0.15) is 0 Å². The number of terminal acetylenes is 1. The van der Waals surface area contributed by atoms with Gasteiger partial charge in [-0.1, -0.05) is 23.7 Å². The summed E-state index contributed by atoms with van der Waals surface area (Å²) in [7, 11) is 1.55. The lowest BCUT2D eigenvalue weighted by atomic mass is 9.86. The number of nitrogens with zero attached hydrogens (tertiary/aromatic N) is 1. The van der Waals surface area contributed by atoms with Crippen LogP contribution in [0.15, 0.2) is 28.2 Å². The van der Waals surface area contributed by atoms with Gasteiger partial charge in [-0.05, 0) is 24.6 Å². The molecule has 1 amide bonds. The predicted octanol–water partition coefficient (Wildman–Crippen LogP) is 2.38. The van der Waals surface area contributed by atoms with E-state index in [1.54, 1.807) is 19.2 Å². The molecule has 0 saturated heterocycles. The maximum atomic E-state index is 12.7. The maximum Gasteiger partial charge on any atom is 0.257 e. The highest BCUT2D eigenvalue weighted by Gasteiger charge is 2.31. The predicted molar refractivity (Wildman–Crippen MR) is 104 cm³/mol. The van der Waals surface area contributed by atoms with Crippen LogP contribution in [0.4, 0.5) is 5.82 Å². The van der Waals surface area contributed by atoms with Crippen LogP contribution in [0.1, 0.15) is 30.4 Å². The lowest BCUT2D eigenvalue weighted by molar-refractivity contribution is -0.116. The van der Waals surface area contributed by atoms with Crippen molar-refractivity contribution in [2.45, 2.75) is 24.4 Å². The lowest BCUT2D eigenvalue weighted by Gasteiger charge is -2.25. The summed E-state index contributed by atoms with van der Waals surface area (Å²) in [5, 5.41) is 3.06. The lowest BCUT2D eigenvalue weighted by Crippen LogP contribution is -2.31. The van der Waals surface area contributed by atoms with Crippen LogP contribution in [-0.2, 0) is 4.79 Å². The number of methoxy groups -OCH3 is 1. The monoisotopic (exact) mass is 385 g/mol. The molecule has 8 heteroatoms. The van der Waals surface area contributed by atoms with Crippen molar-refractivity contribution in [3.63, 3.8) is 0 Å². The van der Waals surface area contributed by atoms with Crippen LogP contribution in [0.2, 0.25) is 0 Å². The number of aromatic nitrogens is 2. The number of fused-ring (bicyclic) bond motifs is 1. The number of carbonyl (C=O) groups is 1. The summed E-state index contributed by atoms with van der Waals surface area (Å²) in [6.45, 7) is 2.39. The second-order valence-electron chi connectivity index (χ2n) is 5.77. The number of nitrogens with one attached hydrogen (secondary N) is 2. The first-order valence-corrected chi connectivity index (χ1v) is 9.37. The Labute approximate surface area is 160 Å². The Hall–Kier alpha value is -2.92. The summed E-state index contributed by atoms with van der Waals surface area (Å²) in [5.74, 6) is 3.64. The van der Waals surface area contributed by atoms with E-state index in [2.05, 4.69) is 21.2 Å². The second kappa shape index (κ2) is 8.18. The minimum absolute atomic E-state index is 0.145. The quantitative estimate of drug-likeness (QED) is 0.451. The van der Waals surface area contributed by atoms with Crippen LogP contribution in [-0.4, -0.2) is 35.3 Å². The van der Waals surface area contributed by atoms with E-state index in [4.69, 9.17) is 15.9 Å². The van der Waals surface area contributed by atoms with E-state index in [0.717, 1.165) is 5.56 Å². The Morgan fingerprint density at radius 1 is 1.37 bits per heavy atom. The average molecular weight is 385 g/mol. The largest absolute Gasteiger partial charge is 0.493 e. The molecule has 0 aliphatic carbocycles. The van der Waals surface area contributed by atoms with Crippen molar-refractivity contribution < 1.29 is 14.3 Å². The van der Waals surface area contributed by atoms with Gasteiger partial charge in [-0.3, -0.25) is 9.59 Å². The maximum absolute atomic E-state index is 12.7. The smallest absolute Gasteiger partial charge is 0.257 e. The molecule has 3 rings (SSSR count). The van der Waals surface area contributed by atoms with Crippen molar-refractivity contribution in [2.75, 3.05) is 24.8 Å². The number of amides is 1. The number of aromatic amines is 1. The fourth-order valence-electron chi connectivity index (χ4n) is 2.99. The van der Waals surface area contributed by atoms with Crippen LogP contribution >= 0.6 is 11.8 Å². The molecule has 27 heavy (non-hydrogen) atoms. The van der Waals surface area contributed by atoms with Crippen LogP contribution in [0.25, 0.3) is 0 Å². The minimum atomic E-state index is -0.429. The van der Waals surface area contributed by atoms with Crippen molar-refractivity contribution in [1.82, 2.24) is 9.97 Å². The summed E-state index contributed by atoms with van der Waals surface area (Å²) in [5.41, 5.74) is 0.908. The summed E-state index contributed by atoms with van der Waals surface area (Å²) in [6.07, 6.45) is 5.40. The highest BCUT2D eigenvalue weighted by atomic mass is 32.2. The number of rotatable bonds is 6. The molecule has 0 spiro atoms. The molecular weight excluding hydrogens is 366 g/mol. The number of thioether (sulfide) groups is 1. The molecule has 2 aromatic rings. The Kier molecular flexibility index (Phi) is 5.72. The topological polar surface area (TPSA) is 93.3 Å². The molecule has 0 fully saturated rings. The van der Waals surface area contributed by atoms with Crippen molar-refractivity contribution in [2.24, 2.45) is 0 Å². The van der Waals surface area contributed by atoms with Crippen LogP contribution in [0.5, 0.6) is 11.5 Å². The zero-order valence-corrected chi connectivity index (χ0v) is 15.8. The molecule has 7 nitrogen and oxygen atoms in total. The first-order chi connectivity index (χ1) is 13.1. The van der Waals surface area contributed by atoms with Crippen molar-refractivity contribution >= 4 is 23.5 Å². The summed E-state index contributed by atoms with van der Waals surface area (Å²) in [4.78, 5) is 32.0. The summed E-state index contributed by atoms with van der Waals surface area (Å²) >= 11 is 1.23.